The predicted octanol–water partition coefficient (Wildman–Crippen LogP) is 10.8. The molecule has 0 aliphatic heterocycles. The lowest BCUT2D eigenvalue weighted by Gasteiger charge is -2.08. The van der Waals surface area contributed by atoms with Crippen LogP contribution in [0.1, 0.15) is 121 Å². The van der Waals surface area contributed by atoms with Crippen LogP contribution in [0.15, 0.2) is 73.3 Å². The van der Waals surface area contributed by atoms with Gasteiger partial charge in [-0.25, -0.2) is 0 Å². The van der Waals surface area contributed by atoms with Gasteiger partial charge in [-0.3, -0.25) is 0 Å². The zero-order chi connectivity index (χ0) is 25.1. The molecule has 0 radical (unpaired) electrons. The van der Waals surface area contributed by atoms with E-state index in [-0.39, 0.29) is 0 Å². The highest BCUT2D eigenvalue weighted by molar-refractivity contribution is 5.26. The van der Waals surface area contributed by atoms with Gasteiger partial charge in [-0.2, -0.15) is 0 Å². The summed E-state index contributed by atoms with van der Waals surface area (Å²) in [5.41, 5.74) is 7.30. The van der Waals surface area contributed by atoms with Gasteiger partial charge < -0.3 is 0 Å². The molecule has 0 unspecified atom stereocenters. The molecule has 184 valence electrons. The summed E-state index contributed by atoms with van der Waals surface area (Å²) < 4.78 is 0. The highest BCUT2D eigenvalue weighted by Gasteiger charge is 2.01. The second-order valence-corrected chi connectivity index (χ2v) is 9.66. The Bertz CT molecular complexity index is 763. The zero-order valence-electron chi connectivity index (χ0n) is 22.9. The van der Waals surface area contributed by atoms with Crippen LogP contribution in [0.4, 0.5) is 0 Å². The molecule has 0 nitrogen and oxygen atoms in total. The summed E-state index contributed by atoms with van der Waals surface area (Å²) >= 11 is 0. The molecule has 0 aliphatic rings. The van der Waals surface area contributed by atoms with Crippen LogP contribution in [0.5, 0.6) is 0 Å². The molecule has 33 heavy (non-hydrogen) atoms. The Hall–Kier alpha value is -2.08. The monoisotopic (exact) mass is 448 g/mol. The molecule has 2 aromatic rings. The standard InChI is InChI=1S/C17H26.C13H20.C3H6/c1-5-8-15(4)9-6-10-16-11-7-12-17(13-16)14(2)3;1-4-5-7-12-8-6-9-13(10-12)11(2)3;1-3-2/h7,11-14H,4-6,8-10H2,1-3H3;6,8-11H,4-5,7H2,1-3H3;3H,1H2,2H3. The van der Waals surface area contributed by atoms with Gasteiger partial charge in [0.1, 0.15) is 0 Å². The average molecular weight is 449 g/mol. The van der Waals surface area contributed by atoms with E-state index in [2.05, 4.69) is 103 Å². The summed E-state index contributed by atoms with van der Waals surface area (Å²) in [5, 5.41) is 0. The molecule has 0 atom stereocenters. The first-order valence-electron chi connectivity index (χ1n) is 13.2. The van der Waals surface area contributed by atoms with Crippen molar-refractivity contribution in [2.75, 3.05) is 0 Å². The van der Waals surface area contributed by atoms with Gasteiger partial charge in [-0.1, -0.05) is 121 Å². The normalized spacial score (nSPS) is 10.2. The van der Waals surface area contributed by atoms with E-state index in [9.17, 15) is 0 Å². The molecule has 0 spiro atoms. The third-order valence-electron chi connectivity index (χ3n) is 5.65. The quantitative estimate of drug-likeness (QED) is 0.300. The van der Waals surface area contributed by atoms with Crippen molar-refractivity contribution in [3.05, 3.63) is 95.6 Å². The van der Waals surface area contributed by atoms with Gasteiger partial charge in [-0.05, 0) is 79.5 Å². The number of unbranched alkanes of at least 4 members (excludes halogenated alkanes) is 1. The third kappa shape index (κ3) is 15.4. The summed E-state index contributed by atoms with van der Waals surface area (Å²) in [7, 11) is 0. The predicted molar refractivity (Wildman–Crippen MR) is 153 cm³/mol. The van der Waals surface area contributed by atoms with E-state index >= 15 is 0 Å². The molecule has 0 aromatic heterocycles. The Kier molecular flexibility index (Phi) is 18.2. The average Bonchev–Trinajstić information content (AvgIpc) is 2.79. The second-order valence-electron chi connectivity index (χ2n) is 9.66. The van der Waals surface area contributed by atoms with Crippen molar-refractivity contribution in [3.8, 4) is 0 Å². The summed E-state index contributed by atoms with van der Waals surface area (Å²) in [6.07, 6.45) is 11.6. The van der Waals surface area contributed by atoms with Crippen LogP contribution in [-0.4, -0.2) is 0 Å². The maximum Gasteiger partial charge on any atom is -0.0219 e. The van der Waals surface area contributed by atoms with E-state index < -0.39 is 0 Å². The SMILES string of the molecule is C=C(CCC)CCCc1cccc(C(C)C)c1.C=CC.CCCCc1cccc(C(C)C)c1. The fourth-order valence-electron chi connectivity index (χ4n) is 3.62. The third-order valence-corrected chi connectivity index (χ3v) is 5.65. The molecule has 0 fully saturated rings. The fourth-order valence-corrected chi connectivity index (χ4v) is 3.62. The summed E-state index contributed by atoms with van der Waals surface area (Å²) in [6.45, 7) is 22.8. The van der Waals surface area contributed by atoms with Crippen molar-refractivity contribution in [3.63, 3.8) is 0 Å². The van der Waals surface area contributed by atoms with Crippen molar-refractivity contribution >= 4 is 0 Å². The maximum atomic E-state index is 4.12. The van der Waals surface area contributed by atoms with Crippen molar-refractivity contribution in [1.29, 1.82) is 0 Å². The first kappa shape index (κ1) is 30.9. The van der Waals surface area contributed by atoms with E-state index in [1.807, 2.05) is 6.92 Å². The van der Waals surface area contributed by atoms with Gasteiger partial charge in [0, 0.05) is 0 Å². The zero-order valence-corrected chi connectivity index (χ0v) is 22.9. The first-order valence-corrected chi connectivity index (χ1v) is 13.2. The maximum absolute atomic E-state index is 4.12. The van der Waals surface area contributed by atoms with E-state index in [0.717, 1.165) is 0 Å². The highest BCUT2D eigenvalue weighted by atomic mass is 14.1. The van der Waals surface area contributed by atoms with Crippen molar-refractivity contribution < 1.29 is 0 Å². The van der Waals surface area contributed by atoms with Crippen LogP contribution in [0.25, 0.3) is 0 Å². The fraction of sp³-hybridized carbons (Fsp3) is 0.515. The van der Waals surface area contributed by atoms with Gasteiger partial charge in [0.2, 0.25) is 0 Å². The lowest BCUT2D eigenvalue weighted by molar-refractivity contribution is 0.759. The van der Waals surface area contributed by atoms with E-state index in [4.69, 9.17) is 0 Å². The largest absolute Gasteiger partial charge is 0.103 e. The molecule has 0 aliphatic carbocycles. The van der Waals surface area contributed by atoms with Crippen molar-refractivity contribution in [2.45, 2.75) is 112 Å². The van der Waals surface area contributed by atoms with Crippen LogP contribution in [0, 0.1) is 0 Å². The van der Waals surface area contributed by atoms with Crippen LogP contribution in [0.2, 0.25) is 0 Å². The highest BCUT2D eigenvalue weighted by Crippen LogP contribution is 2.18. The van der Waals surface area contributed by atoms with E-state index in [1.165, 1.54) is 79.2 Å². The Morgan fingerprint density at radius 1 is 0.758 bits per heavy atom. The van der Waals surface area contributed by atoms with Crippen LogP contribution in [0.3, 0.4) is 0 Å². The smallest absolute Gasteiger partial charge is 0.0219 e. The second kappa shape index (κ2) is 19.4. The minimum Gasteiger partial charge on any atom is -0.103 e. The Balaban J connectivity index is 0.000000569. The van der Waals surface area contributed by atoms with Gasteiger partial charge in [0.15, 0.2) is 0 Å². The number of hydrogen-bond acceptors (Lipinski definition) is 0. The molecule has 0 saturated carbocycles. The van der Waals surface area contributed by atoms with E-state index in [0.29, 0.717) is 11.8 Å². The molecular weight excluding hydrogens is 396 g/mol. The van der Waals surface area contributed by atoms with Gasteiger partial charge in [-0.15, -0.1) is 6.58 Å². The Morgan fingerprint density at radius 3 is 1.61 bits per heavy atom. The summed E-state index contributed by atoms with van der Waals surface area (Å²) in [6, 6.07) is 18.0. The topological polar surface area (TPSA) is 0 Å². The van der Waals surface area contributed by atoms with Gasteiger partial charge in [0.25, 0.3) is 0 Å². The number of rotatable bonds is 11. The lowest BCUT2D eigenvalue weighted by Crippen LogP contribution is -1.92. The Morgan fingerprint density at radius 2 is 1.21 bits per heavy atom. The van der Waals surface area contributed by atoms with Crippen LogP contribution < -0.4 is 0 Å². The molecular formula is C33H52. The number of aryl methyl sites for hydroxylation is 2. The number of benzene rings is 2. The first-order chi connectivity index (χ1) is 15.8. The van der Waals surface area contributed by atoms with Gasteiger partial charge in [0.05, 0.1) is 0 Å². The Labute approximate surface area is 207 Å². The van der Waals surface area contributed by atoms with E-state index in [1.54, 1.807) is 6.08 Å². The van der Waals surface area contributed by atoms with Crippen molar-refractivity contribution in [1.82, 2.24) is 0 Å². The molecule has 0 amide bonds. The molecule has 2 aromatic carbocycles. The number of allylic oxidation sites excluding steroid dienone is 2. The van der Waals surface area contributed by atoms with Crippen LogP contribution >= 0.6 is 0 Å². The van der Waals surface area contributed by atoms with Crippen molar-refractivity contribution in [2.24, 2.45) is 0 Å². The molecule has 0 heteroatoms. The molecule has 0 bridgehead atoms. The number of hydrogen-bond donors (Lipinski definition) is 0. The summed E-state index contributed by atoms with van der Waals surface area (Å²) in [4.78, 5) is 0. The lowest BCUT2D eigenvalue weighted by atomic mass is 9.97. The molecule has 0 N–H and O–H groups in total. The van der Waals surface area contributed by atoms with Gasteiger partial charge >= 0.3 is 0 Å². The minimum absolute atomic E-state index is 0.630. The summed E-state index contributed by atoms with van der Waals surface area (Å²) in [5.74, 6) is 1.28. The van der Waals surface area contributed by atoms with Crippen LogP contribution in [-0.2, 0) is 12.8 Å². The minimum atomic E-state index is 0.630. The molecule has 0 heterocycles. The molecule has 2 rings (SSSR count). The molecule has 0 saturated heterocycles.